The van der Waals surface area contributed by atoms with Crippen LogP contribution in [0.15, 0.2) is 65.6 Å². The first-order chi connectivity index (χ1) is 12.6. The normalized spacial score (nSPS) is 10.0. The maximum Gasteiger partial charge on any atom is 0.178 e. The van der Waals surface area contributed by atoms with Crippen LogP contribution in [-0.2, 0) is 21.1 Å². The van der Waals surface area contributed by atoms with E-state index in [0.29, 0.717) is 6.42 Å². The Morgan fingerprint density at radius 1 is 0.769 bits per heavy atom. The summed E-state index contributed by atoms with van der Waals surface area (Å²) in [5.74, 6) is -0.100. The van der Waals surface area contributed by atoms with E-state index in [1.807, 2.05) is 58.0 Å². The second-order valence-corrected chi connectivity index (χ2v) is 7.37. The molecule has 0 N–H and O–H groups in total. The minimum absolute atomic E-state index is 0.00966. The number of sulfone groups is 1. The molecule has 3 nitrogen and oxygen atoms in total. The molecule has 2 aromatic rings. The van der Waals surface area contributed by atoms with Gasteiger partial charge in [0.05, 0.1) is 10.6 Å². The van der Waals surface area contributed by atoms with Crippen LogP contribution >= 0.6 is 0 Å². The van der Waals surface area contributed by atoms with Gasteiger partial charge < -0.3 is 0 Å². The van der Waals surface area contributed by atoms with E-state index in [4.69, 9.17) is 0 Å². The number of aryl methyl sites for hydroxylation is 1. The number of rotatable bonds is 8. The van der Waals surface area contributed by atoms with Crippen molar-refractivity contribution in [1.29, 1.82) is 0 Å². The van der Waals surface area contributed by atoms with Gasteiger partial charge in [-0.1, -0.05) is 76.2 Å². The van der Waals surface area contributed by atoms with Crippen molar-refractivity contribution in [3.63, 3.8) is 0 Å². The Bertz CT molecular complexity index is 693. The quantitative estimate of drug-likeness (QED) is 0.611. The lowest BCUT2D eigenvalue weighted by Gasteiger charge is -2.04. The first-order valence-electron chi connectivity index (χ1n) is 9.41. The van der Waals surface area contributed by atoms with Crippen LogP contribution in [0.2, 0.25) is 0 Å². The summed E-state index contributed by atoms with van der Waals surface area (Å²) < 4.78 is 24.2. The fraction of sp³-hybridized carbons (Fsp3) is 0.409. The highest BCUT2D eigenvalue weighted by atomic mass is 32.2. The van der Waals surface area contributed by atoms with Crippen LogP contribution in [0.4, 0.5) is 0 Å². The molecule has 2 aromatic carbocycles. The maximum atomic E-state index is 12.1. The Hall–Kier alpha value is -1.94. The van der Waals surface area contributed by atoms with Crippen LogP contribution in [0.25, 0.3) is 0 Å². The van der Waals surface area contributed by atoms with Crippen LogP contribution in [0, 0.1) is 0 Å². The van der Waals surface area contributed by atoms with Gasteiger partial charge in [-0.05, 0) is 30.5 Å². The highest BCUT2D eigenvalue weighted by molar-refractivity contribution is 7.91. The number of hydrogen-bond donors (Lipinski definition) is 0. The third-order valence-electron chi connectivity index (χ3n) is 3.52. The third-order valence-corrected chi connectivity index (χ3v) is 5.25. The lowest BCUT2D eigenvalue weighted by molar-refractivity contribution is -0.118. The van der Waals surface area contributed by atoms with E-state index in [1.165, 1.54) is 5.56 Å². The summed E-state index contributed by atoms with van der Waals surface area (Å²) in [6.45, 7) is 8.00. The molecule has 0 atom stereocenters. The number of Topliss-reactive ketones (excluding diaryl/α,β-unsaturated/α-hetero) is 1. The average molecular weight is 377 g/mol. The van der Waals surface area contributed by atoms with Crippen molar-refractivity contribution in [3.05, 3.63) is 66.2 Å². The average Bonchev–Trinajstić information content (AvgIpc) is 2.71. The van der Waals surface area contributed by atoms with Gasteiger partial charge in [-0.3, -0.25) is 4.79 Å². The largest absolute Gasteiger partial charge is 0.300 e. The van der Waals surface area contributed by atoms with Crippen molar-refractivity contribution in [2.45, 2.75) is 58.3 Å². The molecule has 0 aliphatic carbocycles. The molecule has 0 amide bonds. The van der Waals surface area contributed by atoms with Gasteiger partial charge in [0.25, 0.3) is 0 Å². The van der Waals surface area contributed by atoms with Gasteiger partial charge in [-0.2, -0.15) is 0 Å². The van der Waals surface area contributed by atoms with Crippen LogP contribution in [0.1, 0.15) is 52.5 Å². The zero-order valence-corrected chi connectivity index (χ0v) is 17.3. The molecule has 0 bridgehead atoms. The summed E-state index contributed by atoms with van der Waals surface area (Å²) in [5.41, 5.74) is 1.20. The predicted octanol–water partition coefficient (Wildman–Crippen LogP) is 5.49. The Labute approximate surface area is 159 Å². The molecule has 0 aliphatic rings. The lowest BCUT2D eigenvalue weighted by atomic mass is 10.1. The van der Waals surface area contributed by atoms with Crippen molar-refractivity contribution < 1.29 is 13.2 Å². The summed E-state index contributed by atoms with van der Waals surface area (Å²) >= 11 is 0. The third kappa shape index (κ3) is 9.52. The van der Waals surface area contributed by atoms with Gasteiger partial charge in [0.2, 0.25) is 0 Å². The molecule has 0 unspecified atom stereocenters. The molecular weight excluding hydrogens is 344 g/mol. The second kappa shape index (κ2) is 14.3. The summed E-state index contributed by atoms with van der Waals surface area (Å²) in [7, 11) is -3.35. The molecule has 0 aromatic heterocycles. The van der Waals surface area contributed by atoms with E-state index in [0.717, 1.165) is 12.8 Å². The van der Waals surface area contributed by atoms with Gasteiger partial charge in [-0.15, -0.1) is 0 Å². The van der Waals surface area contributed by atoms with Gasteiger partial charge in [-0.25, -0.2) is 8.42 Å². The summed E-state index contributed by atoms with van der Waals surface area (Å²) in [4.78, 5) is 12.1. The SMILES string of the molecule is CC.CC.O=C(CCCc1ccccc1)CCS(=O)(=O)c1ccccc1. The zero-order chi connectivity index (χ0) is 19.8. The Kier molecular flexibility index (Phi) is 13.2. The molecule has 26 heavy (non-hydrogen) atoms. The first kappa shape index (κ1) is 24.1. The van der Waals surface area contributed by atoms with E-state index >= 15 is 0 Å². The fourth-order valence-corrected chi connectivity index (χ4v) is 3.56. The minimum atomic E-state index is -3.35. The van der Waals surface area contributed by atoms with Crippen LogP contribution < -0.4 is 0 Å². The van der Waals surface area contributed by atoms with Gasteiger partial charge in [0, 0.05) is 12.8 Å². The number of carbonyl (C=O) groups excluding carboxylic acids is 1. The molecular formula is C22H32O3S. The minimum Gasteiger partial charge on any atom is -0.300 e. The van der Waals surface area contributed by atoms with Crippen molar-refractivity contribution in [2.75, 3.05) is 5.75 Å². The van der Waals surface area contributed by atoms with Crippen molar-refractivity contribution in [3.8, 4) is 0 Å². The monoisotopic (exact) mass is 376 g/mol. The Balaban J connectivity index is 0.00000146. The molecule has 0 radical (unpaired) electrons. The highest BCUT2D eigenvalue weighted by Crippen LogP contribution is 2.12. The summed E-state index contributed by atoms with van der Waals surface area (Å²) in [5, 5.41) is 0. The summed E-state index contributed by atoms with van der Waals surface area (Å²) in [6, 6.07) is 18.3. The van der Waals surface area contributed by atoms with Gasteiger partial charge in [0.1, 0.15) is 5.78 Å². The fourth-order valence-electron chi connectivity index (χ4n) is 2.25. The van der Waals surface area contributed by atoms with Gasteiger partial charge >= 0.3 is 0 Å². The molecule has 0 saturated carbocycles. The second-order valence-electron chi connectivity index (χ2n) is 5.26. The number of carbonyl (C=O) groups is 1. The molecule has 4 heteroatoms. The zero-order valence-electron chi connectivity index (χ0n) is 16.4. The lowest BCUT2D eigenvalue weighted by Crippen LogP contribution is -2.11. The number of ketones is 1. The molecule has 144 valence electrons. The molecule has 2 rings (SSSR count). The smallest absolute Gasteiger partial charge is 0.178 e. The first-order valence-corrected chi connectivity index (χ1v) is 11.1. The maximum absolute atomic E-state index is 12.1. The molecule has 0 aliphatic heterocycles. The van der Waals surface area contributed by atoms with Gasteiger partial charge in [0.15, 0.2) is 9.84 Å². The van der Waals surface area contributed by atoms with Crippen molar-refractivity contribution >= 4 is 15.6 Å². The Morgan fingerprint density at radius 2 is 1.27 bits per heavy atom. The summed E-state index contributed by atoms with van der Waals surface area (Å²) in [6.07, 6.45) is 2.12. The standard InChI is InChI=1S/C18H20O3S.2C2H6/c19-17(11-7-10-16-8-3-1-4-9-16)14-15-22(20,21)18-12-5-2-6-13-18;2*1-2/h1-6,8-9,12-13H,7,10-11,14-15H2;2*1-2H3. The number of benzene rings is 2. The molecule has 0 heterocycles. The number of hydrogen-bond acceptors (Lipinski definition) is 3. The van der Waals surface area contributed by atoms with E-state index in [2.05, 4.69) is 0 Å². The van der Waals surface area contributed by atoms with Crippen molar-refractivity contribution in [1.82, 2.24) is 0 Å². The molecule has 0 spiro atoms. The van der Waals surface area contributed by atoms with Crippen LogP contribution in [-0.4, -0.2) is 20.0 Å². The van der Waals surface area contributed by atoms with E-state index in [1.54, 1.807) is 30.3 Å². The van der Waals surface area contributed by atoms with E-state index in [-0.39, 0.29) is 22.9 Å². The molecule has 0 saturated heterocycles. The van der Waals surface area contributed by atoms with Crippen molar-refractivity contribution in [2.24, 2.45) is 0 Å². The van der Waals surface area contributed by atoms with Crippen LogP contribution in [0.3, 0.4) is 0 Å². The topological polar surface area (TPSA) is 51.2 Å². The molecule has 0 fully saturated rings. The van der Waals surface area contributed by atoms with Crippen LogP contribution in [0.5, 0.6) is 0 Å². The highest BCUT2D eigenvalue weighted by Gasteiger charge is 2.15. The predicted molar refractivity (Wildman–Crippen MR) is 110 cm³/mol. The van der Waals surface area contributed by atoms with E-state index in [9.17, 15) is 13.2 Å². The van der Waals surface area contributed by atoms with E-state index < -0.39 is 9.84 Å². The Morgan fingerprint density at radius 3 is 1.81 bits per heavy atom.